The number of nitrogens with zero attached hydrogens (tertiary/aromatic N) is 1. The molecule has 18 heavy (non-hydrogen) atoms. The summed E-state index contributed by atoms with van der Waals surface area (Å²) in [6, 6.07) is 4.89. The van der Waals surface area contributed by atoms with Crippen molar-refractivity contribution in [2.75, 3.05) is 0 Å². The first-order valence-electron chi connectivity index (χ1n) is 5.01. The van der Waals surface area contributed by atoms with E-state index in [0.717, 1.165) is 0 Å². The average Bonchev–Trinajstić information content (AvgIpc) is 2.89. The van der Waals surface area contributed by atoms with E-state index in [0.29, 0.717) is 15.7 Å². The second kappa shape index (κ2) is 5.46. The van der Waals surface area contributed by atoms with E-state index in [1.807, 2.05) is 0 Å². The van der Waals surface area contributed by atoms with E-state index in [-0.39, 0.29) is 0 Å². The fraction of sp³-hybridized carbons (Fsp3) is 0. The van der Waals surface area contributed by atoms with Gasteiger partial charge in [-0.15, -0.1) is 0 Å². The molecule has 0 fully saturated rings. The lowest BCUT2D eigenvalue weighted by Gasteiger charge is -2.06. The molecule has 0 aliphatic heterocycles. The van der Waals surface area contributed by atoms with Crippen molar-refractivity contribution in [1.29, 1.82) is 0 Å². The molecule has 3 N–H and O–H groups in total. The van der Waals surface area contributed by atoms with Crippen molar-refractivity contribution in [3.8, 4) is 0 Å². The molecule has 2 heterocycles. The number of hydrazine groups is 1. The predicted molar refractivity (Wildman–Crippen MR) is 67.7 cm³/mol. The van der Waals surface area contributed by atoms with Crippen molar-refractivity contribution in [2.45, 2.75) is 0 Å². The Morgan fingerprint density at radius 2 is 2.00 bits per heavy atom. The molecular formula is C11H9BrN4O2. The molecule has 2 rings (SSSR count). The predicted octanol–water partition coefficient (Wildman–Crippen LogP) is 1.25. The second-order valence-corrected chi connectivity index (χ2v) is 4.30. The molecule has 0 spiro atoms. The highest BCUT2D eigenvalue weighted by Gasteiger charge is 2.09. The van der Waals surface area contributed by atoms with Crippen LogP contribution in [0.15, 0.2) is 41.3 Å². The minimum absolute atomic E-state index is 0.344. The van der Waals surface area contributed by atoms with Gasteiger partial charge in [-0.3, -0.25) is 25.4 Å². The fourth-order valence-corrected chi connectivity index (χ4v) is 1.63. The largest absolute Gasteiger partial charge is 0.357 e. The van der Waals surface area contributed by atoms with E-state index in [2.05, 4.69) is 36.7 Å². The highest BCUT2D eigenvalue weighted by Crippen LogP contribution is 2.08. The molecule has 2 aromatic heterocycles. The van der Waals surface area contributed by atoms with Crippen LogP contribution in [0.1, 0.15) is 20.8 Å². The van der Waals surface area contributed by atoms with Crippen LogP contribution in [0.4, 0.5) is 0 Å². The van der Waals surface area contributed by atoms with Crippen LogP contribution in [-0.2, 0) is 0 Å². The number of hydrogen-bond donors (Lipinski definition) is 3. The maximum atomic E-state index is 11.7. The molecule has 92 valence electrons. The van der Waals surface area contributed by atoms with Crippen molar-refractivity contribution < 1.29 is 9.59 Å². The first-order valence-corrected chi connectivity index (χ1v) is 5.81. The van der Waals surface area contributed by atoms with Gasteiger partial charge in [-0.25, -0.2) is 0 Å². The van der Waals surface area contributed by atoms with Gasteiger partial charge in [0, 0.05) is 23.1 Å². The number of aromatic nitrogens is 2. The third kappa shape index (κ3) is 2.95. The maximum absolute atomic E-state index is 11.7. The standard InChI is InChI=1S/C11H9BrN4O2/c12-8-4-7(5-13-6-8)10(17)15-16-11(18)9-2-1-3-14-9/h1-6,14H,(H,15,17)(H,16,18). The zero-order valence-corrected chi connectivity index (χ0v) is 10.7. The lowest BCUT2D eigenvalue weighted by molar-refractivity contribution is 0.0844. The minimum atomic E-state index is -0.441. The summed E-state index contributed by atoms with van der Waals surface area (Å²) in [7, 11) is 0. The number of halogens is 1. The Hall–Kier alpha value is -2.15. The number of aromatic amines is 1. The number of nitrogens with one attached hydrogen (secondary N) is 3. The molecule has 0 aliphatic carbocycles. The van der Waals surface area contributed by atoms with Crippen molar-refractivity contribution in [1.82, 2.24) is 20.8 Å². The van der Waals surface area contributed by atoms with Gasteiger partial charge in [0.15, 0.2) is 0 Å². The van der Waals surface area contributed by atoms with E-state index in [4.69, 9.17) is 0 Å². The summed E-state index contributed by atoms with van der Waals surface area (Å²) >= 11 is 3.21. The van der Waals surface area contributed by atoms with Crippen LogP contribution in [-0.4, -0.2) is 21.8 Å². The summed E-state index contributed by atoms with van der Waals surface area (Å²) in [5.74, 6) is -0.861. The van der Waals surface area contributed by atoms with Crippen LogP contribution in [0.5, 0.6) is 0 Å². The Morgan fingerprint density at radius 3 is 2.67 bits per heavy atom. The number of hydrogen-bond acceptors (Lipinski definition) is 3. The summed E-state index contributed by atoms with van der Waals surface area (Å²) in [4.78, 5) is 29.8. The van der Waals surface area contributed by atoms with E-state index >= 15 is 0 Å². The van der Waals surface area contributed by atoms with Gasteiger partial charge in [0.2, 0.25) is 0 Å². The molecule has 2 aromatic rings. The zero-order valence-electron chi connectivity index (χ0n) is 9.11. The van der Waals surface area contributed by atoms with Crippen molar-refractivity contribution in [3.63, 3.8) is 0 Å². The molecule has 0 bridgehead atoms. The molecule has 0 aliphatic rings. The molecule has 0 unspecified atom stereocenters. The fourth-order valence-electron chi connectivity index (χ4n) is 1.26. The molecular weight excluding hydrogens is 300 g/mol. The van der Waals surface area contributed by atoms with Gasteiger partial charge >= 0.3 is 0 Å². The van der Waals surface area contributed by atoms with Gasteiger partial charge in [-0.1, -0.05) is 0 Å². The Bertz CT molecular complexity index is 568. The van der Waals surface area contributed by atoms with Crippen LogP contribution in [0.2, 0.25) is 0 Å². The maximum Gasteiger partial charge on any atom is 0.286 e. The minimum Gasteiger partial charge on any atom is -0.357 e. The number of H-pyrrole nitrogens is 1. The zero-order chi connectivity index (χ0) is 13.0. The van der Waals surface area contributed by atoms with Gasteiger partial charge in [-0.2, -0.15) is 0 Å². The average molecular weight is 309 g/mol. The van der Waals surface area contributed by atoms with E-state index in [9.17, 15) is 9.59 Å². The Balaban J connectivity index is 1.95. The summed E-state index contributed by atoms with van der Waals surface area (Å²) in [6.07, 6.45) is 4.59. The molecule has 2 amide bonds. The van der Waals surface area contributed by atoms with Crippen LogP contribution < -0.4 is 10.9 Å². The smallest absolute Gasteiger partial charge is 0.286 e. The van der Waals surface area contributed by atoms with E-state index < -0.39 is 11.8 Å². The van der Waals surface area contributed by atoms with E-state index in [1.165, 1.54) is 6.20 Å². The number of carbonyl (C=O) groups is 2. The normalized spacial score (nSPS) is 9.83. The Morgan fingerprint density at radius 1 is 1.22 bits per heavy atom. The van der Waals surface area contributed by atoms with Crippen molar-refractivity contribution in [2.24, 2.45) is 0 Å². The summed E-state index contributed by atoms with van der Waals surface area (Å²) in [5, 5.41) is 0. The van der Waals surface area contributed by atoms with Gasteiger partial charge in [0.25, 0.3) is 11.8 Å². The lowest BCUT2D eigenvalue weighted by Crippen LogP contribution is -2.41. The summed E-state index contributed by atoms with van der Waals surface area (Å²) < 4.78 is 0.686. The second-order valence-electron chi connectivity index (χ2n) is 3.38. The molecule has 6 nitrogen and oxygen atoms in total. The third-order valence-corrected chi connectivity index (χ3v) is 2.53. The SMILES string of the molecule is O=C(NNC(=O)c1ccc[nH]1)c1cncc(Br)c1. The Labute approximate surface area is 111 Å². The molecule has 0 atom stereocenters. The molecule has 7 heteroatoms. The molecule has 0 saturated carbocycles. The number of carbonyl (C=O) groups excluding carboxylic acids is 2. The molecule has 0 aromatic carbocycles. The molecule has 0 radical (unpaired) electrons. The van der Waals surface area contributed by atoms with E-state index in [1.54, 1.807) is 30.6 Å². The number of pyridine rings is 1. The third-order valence-electron chi connectivity index (χ3n) is 2.10. The monoisotopic (exact) mass is 308 g/mol. The highest BCUT2D eigenvalue weighted by atomic mass is 79.9. The summed E-state index contributed by atoms with van der Waals surface area (Å²) in [5.41, 5.74) is 5.29. The number of rotatable bonds is 2. The highest BCUT2D eigenvalue weighted by molar-refractivity contribution is 9.10. The first kappa shape index (κ1) is 12.3. The van der Waals surface area contributed by atoms with Gasteiger partial charge < -0.3 is 4.98 Å². The van der Waals surface area contributed by atoms with Gasteiger partial charge in [0.05, 0.1) is 5.56 Å². The quantitative estimate of drug-likeness (QED) is 0.730. The van der Waals surface area contributed by atoms with Crippen molar-refractivity contribution in [3.05, 3.63) is 52.5 Å². The van der Waals surface area contributed by atoms with Crippen LogP contribution in [0, 0.1) is 0 Å². The van der Waals surface area contributed by atoms with Gasteiger partial charge in [0.1, 0.15) is 5.69 Å². The molecule has 0 saturated heterocycles. The van der Waals surface area contributed by atoms with Crippen LogP contribution >= 0.6 is 15.9 Å². The topological polar surface area (TPSA) is 86.9 Å². The van der Waals surface area contributed by atoms with Crippen molar-refractivity contribution >= 4 is 27.7 Å². The number of amides is 2. The lowest BCUT2D eigenvalue weighted by atomic mass is 10.3. The van der Waals surface area contributed by atoms with Crippen LogP contribution in [0.3, 0.4) is 0 Å². The Kier molecular flexibility index (Phi) is 3.73. The first-order chi connectivity index (χ1) is 8.66. The van der Waals surface area contributed by atoms with Crippen LogP contribution in [0.25, 0.3) is 0 Å². The summed E-state index contributed by atoms with van der Waals surface area (Å²) in [6.45, 7) is 0. The van der Waals surface area contributed by atoms with Gasteiger partial charge in [-0.05, 0) is 34.1 Å².